The molecule has 0 aliphatic carbocycles. The Labute approximate surface area is 217 Å². The van der Waals surface area contributed by atoms with Gasteiger partial charge in [-0.2, -0.15) is 0 Å². The molecule has 2 aliphatic heterocycles. The Morgan fingerprint density at radius 3 is 2.06 bits per heavy atom. The summed E-state index contributed by atoms with van der Waals surface area (Å²) in [5, 5.41) is 0.0412. The van der Waals surface area contributed by atoms with E-state index in [1.165, 1.54) is 0 Å². The van der Waals surface area contributed by atoms with Gasteiger partial charge in [-0.3, -0.25) is 4.79 Å². The van der Waals surface area contributed by atoms with E-state index in [0.717, 1.165) is 11.1 Å². The lowest BCUT2D eigenvalue weighted by molar-refractivity contribution is -0.166. The monoisotopic (exact) mass is 507 g/mol. The second-order valence-corrected chi connectivity index (χ2v) is 16.6. The van der Waals surface area contributed by atoms with Gasteiger partial charge in [0.25, 0.3) is 0 Å². The van der Waals surface area contributed by atoms with Gasteiger partial charge in [0.05, 0.1) is 24.2 Å². The Kier molecular flexibility index (Phi) is 7.10. The van der Waals surface area contributed by atoms with Crippen molar-refractivity contribution in [2.45, 2.75) is 89.6 Å². The molecule has 36 heavy (non-hydrogen) atoms. The zero-order valence-corrected chi connectivity index (χ0v) is 23.9. The summed E-state index contributed by atoms with van der Waals surface area (Å²) in [4.78, 5) is 33.0. The van der Waals surface area contributed by atoms with Crippen LogP contribution in [0.4, 0.5) is 4.79 Å². The van der Waals surface area contributed by atoms with Gasteiger partial charge < -0.3 is 19.1 Å². The molecule has 2 fully saturated rings. The van der Waals surface area contributed by atoms with Gasteiger partial charge in [-0.1, -0.05) is 81.4 Å². The number of carbonyl (C=O) groups excluding carboxylic acids is 2. The molecule has 2 aromatic rings. The SMILES string of the molecule is C[C@@H](O[Si](C)(C)C(C)(C)C)[C@H]1[C@@H](N2C(=O)N(C)[C@@H](C)[C@H]2c2ccccc2)C(=O)N1Cc1ccccc1. The fourth-order valence-electron chi connectivity index (χ4n) is 5.32. The maximum absolute atomic E-state index is 13.8. The Balaban J connectivity index is 1.71. The Morgan fingerprint density at radius 2 is 1.50 bits per heavy atom. The standard InChI is InChI=1S/C29H41N3O3Si/c1-20-24(23-17-13-10-14-18-23)32(28(34)30(20)6)26-25(21(2)35-36(7,8)29(3,4)5)31(27(26)33)19-22-15-11-9-12-16-22/h9-18,20-21,24-26H,19H2,1-8H3/t20-,21+,24-,25-,26+/m0/s1. The lowest BCUT2D eigenvalue weighted by Gasteiger charge is -2.55. The molecule has 6 nitrogen and oxygen atoms in total. The molecule has 194 valence electrons. The fourth-order valence-corrected chi connectivity index (χ4v) is 6.74. The number of rotatable bonds is 7. The smallest absolute Gasteiger partial charge is 0.321 e. The highest BCUT2D eigenvalue weighted by Crippen LogP contribution is 2.44. The number of urea groups is 1. The molecule has 7 heteroatoms. The van der Waals surface area contributed by atoms with Crippen molar-refractivity contribution in [1.29, 1.82) is 0 Å². The maximum atomic E-state index is 13.8. The predicted molar refractivity (Wildman–Crippen MR) is 146 cm³/mol. The number of hydrogen-bond donors (Lipinski definition) is 0. The van der Waals surface area contributed by atoms with E-state index in [-0.39, 0.29) is 41.2 Å². The topological polar surface area (TPSA) is 53.1 Å². The van der Waals surface area contributed by atoms with Crippen molar-refractivity contribution in [3.8, 4) is 0 Å². The summed E-state index contributed by atoms with van der Waals surface area (Å²) < 4.78 is 6.84. The molecular weight excluding hydrogens is 466 g/mol. The number of benzene rings is 2. The molecule has 0 saturated carbocycles. The zero-order valence-electron chi connectivity index (χ0n) is 22.9. The van der Waals surface area contributed by atoms with Crippen molar-refractivity contribution in [3.05, 3.63) is 71.8 Å². The van der Waals surface area contributed by atoms with Crippen LogP contribution in [-0.2, 0) is 15.8 Å². The number of β-lactam (4-membered cyclic amide) rings is 1. The summed E-state index contributed by atoms with van der Waals surface area (Å²) in [5.74, 6) is -0.00804. The van der Waals surface area contributed by atoms with Gasteiger partial charge in [0.2, 0.25) is 5.91 Å². The van der Waals surface area contributed by atoms with Crippen molar-refractivity contribution >= 4 is 20.3 Å². The van der Waals surface area contributed by atoms with Crippen LogP contribution in [0.2, 0.25) is 18.1 Å². The summed E-state index contributed by atoms with van der Waals surface area (Å²) in [5.41, 5.74) is 2.13. The van der Waals surface area contributed by atoms with Crippen LogP contribution in [0.15, 0.2) is 60.7 Å². The van der Waals surface area contributed by atoms with E-state index in [1.54, 1.807) is 4.90 Å². The van der Waals surface area contributed by atoms with E-state index in [1.807, 2.05) is 65.4 Å². The molecule has 0 radical (unpaired) electrons. The number of hydrogen-bond acceptors (Lipinski definition) is 3. The molecule has 0 aromatic heterocycles. The molecule has 2 saturated heterocycles. The highest BCUT2D eigenvalue weighted by Gasteiger charge is 2.60. The van der Waals surface area contributed by atoms with Crippen LogP contribution in [0.25, 0.3) is 0 Å². The van der Waals surface area contributed by atoms with Crippen LogP contribution in [-0.4, -0.2) is 66.2 Å². The van der Waals surface area contributed by atoms with Crippen LogP contribution >= 0.6 is 0 Å². The molecule has 5 atom stereocenters. The lowest BCUT2D eigenvalue weighted by Crippen LogP contribution is -2.74. The first-order valence-corrected chi connectivity index (χ1v) is 15.9. The normalized spacial score (nSPS) is 25.8. The van der Waals surface area contributed by atoms with Gasteiger partial charge in [0, 0.05) is 13.6 Å². The first kappa shape index (κ1) is 26.4. The van der Waals surface area contributed by atoms with Crippen LogP contribution < -0.4 is 0 Å². The number of nitrogens with zero attached hydrogens (tertiary/aromatic N) is 3. The van der Waals surface area contributed by atoms with Gasteiger partial charge >= 0.3 is 6.03 Å². The average molecular weight is 508 g/mol. The van der Waals surface area contributed by atoms with Crippen molar-refractivity contribution in [2.24, 2.45) is 0 Å². The quantitative estimate of drug-likeness (QED) is 0.358. The minimum absolute atomic E-state index is 0.00804. The second kappa shape index (κ2) is 9.67. The third-order valence-corrected chi connectivity index (χ3v) is 13.1. The molecule has 0 bridgehead atoms. The van der Waals surface area contributed by atoms with E-state index in [4.69, 9.17) is 4.43 Å². The van der Waals surface area contributed by atoms with Crippen molar-refractivity contribution in [2.75, 3.05) is 7.05 Å². The van der Waals surface area contributed by atoms with Crippen molar-refractivity contribution in [1.82, 2.24) is 14.7 Å². The Bertz CT molecular complexity index is 1090. The van der Waals surface area contributed by atoms with E-state index in [9.17, 15) is 9.59 Å². The molecule has 2 aliphatic rings. The highest BCUT2D eigenvalue weighted by molar-refractivity contribution is 6.74. The minimum Gasteiger partial charge on any atom is -0.412 e. The third-order valence-electron chi connectivity index (χ3n) is 8.51. The average Bonchev–Trinajstić information content (AvgIpc) is 3.04. The van der Waals surface area contributed by atoms with E-state index < -0.39 is 14.4 Å². The van der Waals surface area contributed by atoms with Gasteiger partial charge in [0.1, 0.15) is 6.04 Å². The molecule has 0 N–H and O–H groups in total. The van der Waals surface area contributed by atoms with Crippen molar-refractivity contribution < 1.29 is 14.0 Å². The van der Waals surface area contributed by atoms with Gasteiger partial charge in [-0.05, 0) is 43.1 Å². The second-order valence-electron chi connectivity index (χ2n) is 11.9. The largest absolute Gasteiger partial charge is 0.412 e. The number of likely N-dealkylation sites (tertiary alicyclic amines) is 1. The minimum atomic E-state index is -2.10. The molecule has 2 heterocycles. The summed E-state index contributed by atoms with van der Waals surface area (Å²) >= 11 is 0. The Morgan fingerprint density at radius 1 is 0.944 bits per heavy atom. The van der Waals surface area contributed by atoms with Gasteiger partial charge in [-0.25, -0.2) is 4.79 Å². The summed E-state index contributed by atoms with van der Waals surface area (Å²) in [6, 6.07) is 19.0. The number of likely N-dealkylation sites (N-methyl/N-ethyl adjacent to an activating group) is 1. The molecule has 2 aromatic carbocycles. The first-order valence-electron chi connectivity index (χ1n) is 13.0. The van der Waals surface area contributed by atoms with Crippen LogP contribution in [0.3, 0.4) is 0 Å². The fraction of sp³-hybridized carbons (Fsp3) is 0.517. The summed E-state index contributed by atoms with van der Waals surface area (Å²) in [7, 11) is -0.271. The van der Waals surface area contributed by atoms with Crippen LogP contribution in [0, 0.1) is 0 Å². The van der Waals surface area contributed by atoms with Crippen LogP contribution in [0.1, 0.15) is 51.8 Å². The van der Waals surface area contributed by atoms with E-state index >= 15 is 0 Å². The first-order chi connectivity index (χ1) is 16.8. The summed E-state index contributed by atoms with van der Waals surface area (Å²) in [6.45, 7) is 15.8. The molecule has 0 unspecified atom stereocenters. The highest BCUT2D eigenvalue weighted by atomic mass is 28.4. The molecular formula is C29H41N3O3Si. The molecule has 4 rings (SSSR count). The lowest BCUT2D eigenvalue weighted by atomic mass is 9.86. The molecule has 0 spiro atoms. The summed E-state index contributed by atoms with van der Waals surface area (Å²) in [6.07, 6.45) is -0.206. The number of carbonyl (C=O) groups is 2. The molecule has 3 amide bonds. The van der Waals surface area contributed by atoms with E-state index in [2.05, 4.69) is 59.8 Å². The third kappa shape index (κ3) is 4.59. The van der Waals surface area contributed by atoms with Crippen LogP contribution in [0.5, 0.6) is 0 Å². The Hall–Kier alpha value is -2.64. The number of amides is 3. The van der Waals surface area contributed by atoms with Gasteiger partial charge in [-0.15, -0.1) is 0 Å². The van der Waals surface area contributed by atoms with E-state index in [0.29, 0.717) is 6.54 Å². The zero-order chi connectivity index (χ0) is 26.4. The maximum Gasteiger partial charge on any atom is 0.321 e. The van der Waals surface area contributed by atoms with Gasteiger partial charge in [0.15, 0.2) is 8.32 Å². The van der Waals surface area contributed by atoms with Crippen molar-refractivity contribution in [3.63, 3.8) is 0 Å². The predicted octanol–water partition coefficient (Wildman–Crippen LogP) is 5.67.